The van der Waals surface area contributed by atoms with Gasteiger partial charge in [0, 0.05) is 35.8 Å². The van der Waals surface area contributed by atoms with Gasteiger partial charge in [-0.1, -0.05) is 20.3 Å². The van der Waals surface area contributed by atoms with E-state index in [0.717, 1.165) is 47.0 Å². The molecule has 30 heavy (non-hydrogen) atoms. The summed E-state index contributed by atoms with van der Waals surface area (Å²) in [7, 11) is 0. The first-order valence-electron chi connectivity index (χ1n) is 10.3. The van der Waals surface area contributed by atoms with Crippen molar-refractivity contribution < 1.29 is 4.79 Å². The van der Waals surface area contributed by atoms with Crippen molar-refractivity contribution in [1.29, 1.82) is 0 Å². The molecule has 4 rings (SSSR count). The summed E-state index contributed by atoms with van der Waals surface area (Å²) in [6.07, 6.45) is 6.80. The number of nitrogens with zero attached hydrogens (tertiary/aromatic N) is 3. The van der Waals surface area contributed by atoms with Crippen LogP contribution in [0, 0.1) is 6.92 Å². The third kappa shape index (κ3) is 3.59. The molecule has 0 atom stereocenters. The monoisotopic (exact) mass is 418 g/mol. The second kappa shape index (κ2) is 8.32. The van der Waals surface area contributed by atoms with E-state index in [1.165, 1.54) is 10.6 Å². The molecule has 0 unspecified atom stereocenters. The van der Waals surface area contributed by atoms with Crippen LogP contribution in [0.5, 0.6) is 0 Å². The molecule has 0 bridgehead atoms. The summed E-state index contributed by atoms with van der Waals surface area (Å²) in [5.74, 6) is 0.657. The van der Waals surface area contributed by atoms with E-state index < -0.39 is 5.91 Å². The number of carbonyl (C=O) groups excluding carboxylic acids is 1. The lowest BCUT2D eigenvalue weighted by Crippen LogP contribution is -2.12. The fourth-order valence-corrected chi connectivity index (χ4v) is 4.88. The summed E-state index contributed by atoms with van der Waals surface area (Å²) in [5, 5.41) is 1.16. The average molecular weight is 419 g/mol. The SMILES string of the molecule is CCCc1ccc(-c2ccc(-n3ccnc3CC)s2)n1-c1ccc(C(N)=O)cc1C. The highest BCUT2D eigenvalue weighted by molar-refractivity contribution is 7.17. The molecule has 5 nitrogen and oxygen atoms in total. The maximum absolute atomic E-state index is 11.6. The molecule has 0 spiro atoms. The Kier molecular flexibility index (Phi) is 5.59. The van der Waals surface area contributed by atoms with Crippen LogP contribution in [-0.4, -0.2) is 20.0 Å². The van der Waals surface area contributed by atoms with E-state index >= 15 is 0 Å². The van der Waals surface area contributed by atoms with E-state index in [-0.39, 0.29) is 0 Å². The lowest BCUT2D eigenvalue weighted by atomic mass is 10.1. The number of carbonyl (C=O) groups is 1. The first-order valence-corrected chi connectivity index (χ1v) is 11.1. The lowest BCUT2D eigenvalue weighted by Gasteiger charge is -2.16. The number of nitrogens with two attached hydrogens (primary N) is 1. The molecule has 0 fully saturated rings. The van der Waals surface area contributed by atoms with Crippen molar-refractivity contribution in [3.05, 3.63) is 77.5 Å². The summed E-state index contributed by atoms with van der Waals surface area (Å²) < 4.78 is 4.47. The first kappa shape index (κ1) is 20.2. The Labute approximate surface area is 180 Å². The van der Waals surface area contributed by atoms with Crippen molar-refractivity contribution in [3.8, 4) is 21.3 Å². The van der Waals surface area contributed by atoms with Crippen molar-refractivity contribution in [2.45, 2.75) is 40.0 Å². The Morgan fingerprint density at radius 3 is 2.67 bits per heavy atom. The number of rotatable bonds is 7. The molecule has 3 heterocycles. The van der Waals surface area contributed by atoms with Gasteiger partial charge in [-0.25, -0.2) is 4.98 Å². The normalized spacial score (nSPS) is 11.2. The molecule has 2 N–H and O–H groups in total. The van der Waals surface area contributed by atoms with Crippen LogP contribution < -0.4 is 5.73 Å². The van der Waals surface area contributed by atoms with Crippen LogP contribution in [0.2, 0.25) is 0 Å². The number of hydrogen-bond acceptors (Lipinski definition) is 3. The Morgan fingerprint density at radius 1 is 1.13 bits per heavy atom. The quantitative estimate of drug-likeness (QED) is 0.442. The van der Waals surface area contributed by atoms with Gasteiger partial charge in [0.2, 0.25) is 5.91 Å². The number of primary amides is 1. The van der Waals surface area contributed by atoms with Gasteiger partial charge in [-0.2, -0.15) is 0 Å². The predicted molar refractivity (Wildman–Crippen MR) is 123 cm³/mol. The molecule has 0 saturated heterocycles. The molecule has 0 radical (unpaired) electrons. The third-order valence-electron chi connectivity index (χ3n) is 5.31. The fraction of sp³-hybridized carbons (Fsp3) is 0.250. The van der Waals surface area contributed by atoms with Gasteiger partial charge in [-0.05, 0) is 61.4 Å². The number of amides is 1. The summed E-state index contributed by atoms with van der Waals surface area (Å²) in [6, 6.07) is 14.4. The molecule has 0 saturated carbocycles. The summed E-state index contributed by atoms with van der Waals surface area (Å²) in [4.78, 5) is 17.2. The van der Waals surface area contributed by atoms with Crippen LogP contribution in [0.15, 0.2) is 54.9 Å². The highest BCUT2D eigenvalue weighted by Gasteiger charge is 2.16. The zero-order chi connectivity index (χ0) is 21.3. The van der Waals surface area contributed by atoms with E-state index in [2.05, 4.69) is 52.2 Å². The van der Waals surface area contributed by atoms with E-state index in [9.17, 15) is 4.79 Å². The highest BCUT2D eigenvalue weighted by atomic mass is 32.1. The van der Waals surface area contributed by atoms with Gasteiger partial charge < -0.3 is 10.3 Å². The molecule has 154 valence electrons. The van der Waals surface area contributed by atoms with Gasteiger partial charge in [-0.3, -0.25) is 9.36 Å². The number of thiophene rings is 1. The van der Waals surface area contributed by atoms with Gasteiger partial charge in [0.1, 0.15) is 10.8 Å². The minimum absolute atomic E-state index is 0.402. The molecule has 0 aliphatic heterocycles. The van der Waals surface area contributed by atoms with Crippen molar-refractivity contribution in [2.24, 2.45) is 5.73 Å². The van der Waals surface area contributed by atoms with Gasteiger partial charge in [0.25, 0.3) is 0 Å². The summed E-state index contributed by atoms with van der Waals surface area (Å²) in [5.41, 5.74) is 10.5. The molecule has 0 aliphatic carbocycles. The lowest BCUT2D eigenvalue weighted by molar-refractivity contribution is 0.1000. The number of hydrogen-bond donors (Lipinski definition) is 1. The van der Waals surface area contributed by atoms with E-state index in [4.69, 9.17) is 5.73 Å². The smallest absolute Gasteiger partial charge is 0.248 e. The van der Waals surface area contributed by atoms with Crippen LogP contribution in [-0.2, 0) is 12.8 Å². The zero-order valence-corrected chi connectivity index (χ0v) is 18.4. The summed E-state index contributed by atoms with van der Waals surface area (Å²) in [6.45, 7) is 6.34. The van der Waals surface area contributed by atoms with Gasteiger partial charge in [0.05, 0.1) is 10.6 Å². The van der Waals surface area contributed by atoms with Crippen LogP contribution >= 0.6 is 11.3 Å². The van der Waals surface area contributed by atoms with Crippen LogP contribution in [0.3, 0.4) is 0 Å². The van der Waals surface area contributed by atoms with Crippen molar-refractivity contribution in [2.75, 3.05) is 0 Å². The van der Waals surface area contributed by atoms with Crippen LogP contribution in [0.25, 0.3) is 21.3 Å². The van der Waals surface area contributed by atoms with Crippen molar-refractivity contribution in [1.82, 2.24) is 14.1 Å². The third-order valence-corrected chi connectivity index (χ3v) is 6.41. The molecular formula is C24H26N4OS. The topological polar surface area (TPSA) is 65.8 Å². The van der Waals surface area contributed by atoms with E-state index in [0.29, 0.717) is 5.56 Å². The molecule has 3 aromatic heterocycles. The second-order valence-corrected chi connectivity index (χ2v) is 8.43. The second-order valence-electron chi connectivity index (χ2n) is 7.37. The minimum Gasteiger partial charge on any atom is -0.366 e. The van der Waals surface area contributed by atoms with Gasteiger partial charge in [-0.15, -0.1) is 11.3 Å². The predicted octanol–water partition coefficient (Wildman–Crippen LogP) is 5.31. The van der Waals surface area contributed by atoms with Crippen LogP contribution in [0.4, 0.5) is 0 Å². The molecule has 0 aliphatic rings. The number of imidazole rings is 1. The van der Waals surface area contributed by atoms with Crippen molar-refractivity contribution in [3.63, 3.8) is 0 Å². The van der Waals surface area contributed by atoms with Crippen molar-refractivity contribution >= 4 is 17.2 Å². The van der Waals surface area contributed by atoms with E-state index in [1.54, 1.807) is 11.3 Å². The Hall–Kier alpha value is -3.12. The Balaban J connectivity index is 1.82. The fourth-order valence-electron chi connectivity index (χ4n) is 3.86. The van der Waals surface area contributed by atoms with Gasteiger partial charge >= 0.3 is 0 Å². The molecule has 6 heteroatoms. The molecule has 1 aromatic carbocycles. The molecular weight excluding hydrogens is 392 g/mol. The Morgan fingerprint density at radius 2 is 1.97 bits per heavy atom. The highest BCUT2D eigenvalue weighted by Crippen LogP contribution is 2.35. The maximum Gasteiger partial charge on any atom is 0.248 e. The Bertz CT molecular complexity index is 1200. The van der Waals surface area contributed by atoms with Gasteiger partial charge in [0.15, 0.2) is 0 Å². The van der Waals surface area contributed by atoms with E-state index in [1.807, 2.05) is 37.5 Å². The zero-order valence-electron chi connectivity index (χ0n) is 17.6. The number of aromatic nitrogens is 3. The number of aryl methyl sites for hydroxylation is 3. The number of benzene rings is 1. The van der Waals surface area contributed by atoms with Crippen LogP contribution in [0.1, 0.15) is 47.7 Å². The largest absolute Gasteiger partial charge is 0.366 e. The minimum atomic E-state index is -0.402. The summed E-state index contributed by atoms with van der Waals surface area (Å²) >= 11 is 1.76. The molecule has 4 aromatic rings. The standard InChI is InChI=1S/C24H26N4OS/c1-4-6-18-8-10-20(28(18)19-9-7-17(24(25)29)15-16(19)3)21-11-12-23(30-21)27-14-13-26-22(27)5-2/h7-15H,4-6H2,1-3H3,(H2,25,29). The first-order chi connectivity index (χ1) is 14.5. The average Bonchev–Trinajstić information content (AvgIpc) is 3.46. The molecule has 1 amide bonds. The maximum atomic E-state index is 11.6.